The molecule has 0 spiro atoms. The van der Waals surface area contributed by atoms with E-state index >= 15 is 0 Å². The molecule has 148 valence electrons. The van der Waals surface area contributed by atoms with Crippen molar-refractivity contribution in [3.8, 4) is 0 Å². The Morgan fingerprint density at radius 1 is 1.07 bits per heavy atom. The summed E-state index contributed by atoms with van der Waals surface area (Å²) in [6.07, 6.45) is 2.70. The Kier molecular flexibility index (Phi) is 6.46. The number of hydrogen-bond acceptors (Lipinski definition) is 5. The standard InChI is InChI=1S/C21H24N2O4S/c1-16-8-7-9-17(14-16)15-27-20(24)12-3-2-6-13-22-21-18-10-4-5-11-19(18)28(25,26)23-21/h4-5,7-11,14H,2-3,6,12-13,15H2,1H3,(H,22,23). The summed E-state index contributed by atoms with van der Waals surface area (Å²) in [5, 5.41) is 0. The number of nitrogens with one attached hydrogen (secondary N) is 1. The van der Waals surface area contributed by atoms with Crippen LogP contribution in [0.15, 0.2) is 58.4 Å². The molecule has 0 aromatic heterocycles. The highest BCUT2D eigenvalue weighted by Crippen LogP contribution is 2.22. The van der Waals surface area contributed by atoms with Crippen LogP contribution in [0.4, 0.5) is 0 Å². The second kappa shape index (κ2) is 9.01. The quantitative estimate of drug-likeness (QED) is 0.544. The molecular weight excluding hydrogens is 376 g/mol. The highest BCUT2D eigenvalue weighted by molar-refractivity contribution is 7.90. The first-order valence-electron chi connectivity index (χ1n) is 9.33. The lowest BCUT2D eigenvalue weighted by Gasteiger charge is -2.05. The lowest BCUT2D eigenvalue weighted by Crippen LogP contribution is -2.22. The number of aliphatic imine (C=N–C) groups is 1. The van der Waals surface area contributed by atoms with Crippen LogP contribution in [0.3, 0.4) is 0 Å². The maximum Gasteiger partial charge on any atom is 0.306 e. The second-order valence-electron chi connectivity index (χ2n) is 6.79. The SMILES string of the molecule is Cc1cccc(COC(=O)CCCCCN=C2NS(=O)(=O)c3ccccc32)c1. The van der Waals surface area contributed by atoms with E-state index in [1.54, 1.807) is 24.3 Å². The smallest absolute Gasteiger partial charge is 0.306 e. The fourth-order valence-corrected chi connectivity index (χ4v) is 4.29. The van der Waals surface area contributed by atoms with Gasteiger partial charge in [-0.15, -0.1) is 0 Å². The Balaban J connectivity index is 1.36. The minimum Gasteiger partial charge on any atom is -0.461 e. The fourth-order valence-electron chi connectivity index (χ4n) is 3.04. The van der Waals surface area contributed by atoms with E-state index in [9.17, 15) is 13.2 Å². The molecule has 0 bridgehead atoms. The second-order valence-corrected chi connectivity index (χ2v) is 8.44. The third-order valence-corrected chi connectivity index (χ3v) is 5.85. The number of benzene rings is 2. The summed E-state index contributed by atoms with van der Waals surface area (Å²) in [5.41, 5.74) is 2.74. The van der Waals surface area contributed by atoms with Gasteiger partial charge < -0.3 is 4.74 Å². The minimum absolute atomic E-state index is 0.203. The molecular formula is C21H24N2O4S. The average Bonchev–Trinajstić information content (AvgIpc) is 2.94. The first kappa shape index (κ1) is 20.1. The molecule has 2 aromatic rings. The first-order chi connectivity index (χ1) is 13.5. The van der Waals surface area contributed by atoms with Crippen LogP contribution in [0.5, 0.6) is 0 Å². The average molecular weight is 401 g/mol. The largest absolute Gasteiger partial charge is 0.461 e. The molecule has 0 saturated heterocycles. The highest BCUT2D eigenvalue weighted by atomic mass is 32.2. The topological polar surface area (TPSA) is 84.8 Å². The predicted octanol–water partition coefficient (Wildman–Crippen LogP) is 3.34. The lowest BCUT2D eigenvalue weighted by molar-refractivity contribution is -0.145. The van der Waals surface area contributed by atoms with E-state index in [0.717, 1.165) is 30.4 Å². The minimum atomic E-state index is -3.49. The van der Waals surface area contributed by atoms with Gasteiger partial charge in [-0.3, -0.25) is 14.5 Å². The maximum absolute atomic E-state index is 12.0. The third-order valence-electron chi connectivity index (χ3n) is 4.45. The summed E-state index contributed by atoms with van der Waals surface area (Å²) < 4.78 is 31.8. The lowest BCUT2D eigenvalue weighted by atomic mass is 10.1. The molecule has 0 atom stereocenters. The zero-order chi connectivity index (χ0) is 20.0. The number of aryl methyl sites for hydroxylation is 1. The number of esters is 1. The van der Waals surface area contributed by atoms with Crippen LogP contribution in [-0.4, -0.2) is 26.8 Å². The number of ether oxygens (including phenoxy) is 1. The molecule has 1 aliphatic heterocycles. The van der Waals surface area contributed by atoms with E-state index in [1.165, 1.54) is 0 Å². The van der Waals surface area contributed by atoms with Gasteiger partial charge in [0, 0.05) is 18.5 Å². The molecule has 0 aliphatic carbocycles. The summed E-state index contributed by atoms with van der Waals surface area (Å²) >= 11 is 0. The van der Waals surface area contributed by atoms with Gasteiger partial charge in [0.15, 0.2) is 0 Å². The monoisotopic (exact) mass is 400 g/mol. The van der Waals surface area contributed by atoms with Gasteiger partial charge in [-0.25, -0.2) is 8.42 Å². The van der Waals surface area contributed by atoms with Crippen LogP contribution >= 0.6 is 0 Å². The molecule has 3 rings (SSSR count). The van der Waals surface area contributed by atoms with Gasteiger partial charge in [-0.2, -0.15) is 0 Å². The van der Waals surface area contributed by atoms with Crippen LogP contribution < -0.4 is 4.72 Å². The van der Waals surface area contributed by atoms with E-state index in [0.29, 0.717) is 31.0 Å². The number of sulfonamides is 1. The zero-order valence-corrected chi connectivity index (χ0v) is 16.7. The van der Waals surface area contributed by atoms with E-state index < -0.39 is 10.0 Å². The van der Waals surface area contributed by atoms with Gasteiger partial charge >= 0.3 is 5.97 Å². The summed E-state index contributed by atoms with van der Waals surface area (Å²) in [4.78, 5) is 16.5. The van der Waals surface area contributed by atoms with Crippen molar-refractivity contribution < 1.29 is 17.9 Å². The van der Waals surface area contributed by atoms with Crippen LogP contribution in [0.1, 0.15) is 42.4 Å². The molecule has 0 saturated carbocycles. The van der Waals surface area contributed by atoms with Crippen LogP contribution in [0, 0.1) is 6.92 Å². The third kappa shape index (κ3) is 5.19. The number of unbranched alkanes of at least 4 members (excludes halogenated alkanes) is 2. The Hall–Kier alpha value is -2.67. The van der Waals surface area contributed by atoms with E-state index in [4.69, 9.17) is 4.74 Å². The molecule has 0 amide bonds. The Morgan fingerprint density at radius 2 is 1.89 bits per heavy atom. The van der Waals surface area contributed by atoms with E-state index in [2.05, 4.69) is 9.71 Å². The summed E-state index contributed by atoms with van der Waals surface area (Å²) in [5.74, 6) is 0.193. The van der Waals surface area contributed by atoms with Crippen molar-refractivity contribution in [2.75, 3.05) is 6.54 Å². The van der Waals surface area contributed by atoms with E-state index in [-0.39, 0.29) is 10.9 Å². The number of hydrogen-bond donors (Lipinski definition) is 1. The summed E-state index contributed by atoms with van der Waals surface area (Å²) in [7, 11) is -3.49. The van der Waals surface area contributed by atoms with Crippen molar-refractivity contribution in [3.63, 3.8) is 0 Å². The van der Waals surface area contributed by atoms with Crippen molar-refractivity contribution >= 4 is 21.8 Å². The molecule has 1 heterocycles. The number of carbonyl (C=O) groups excluding carboxylic acids is 1. The van der Waals surface area contributed by atoms with Crippen molar-refractivity contribution in [1.82, 2.24) is 4.72 Å². The first-order valence-corrected chi connectivity index (χ1v) is 10.8. The zero-order valence-electron chi connectivity index (χ0n) is 15.8. The number of rotatable bonds is 8. The number of amidine groups is 1. The molecule has 0 unspecified atom stereocenters. The van der Waals surface area contributed by atoms with Crippen molar-refractivity contribution in [2.45, 2.75) is 44.1 Å². The molecule has 6 nitrogen and oxygen atoms in total. The van der Waals surface area contributed by atoms with Gasteiger partial charge in [-0.1, -0.05) is 48.4 Å². The molecule has 1 aliphatic rings. The van der Waals surface area contributed by atoms with Crippen LogP contribution in [0.25, 0.3) is 0 Å². The molecule has 0 radical (unpaired) electrons. The Labute approximate surface area is 165 Å². The van der Waals surface area contributed by atoms with Gasteiger partial charge in [0.25, 0.3) is 10.0 Å². The van der Waals surface area contributed by atoms with Gasteiger partial charge in [0.1, 0.15) is 12.4 Å². The van der Waals surface area contributed by atoms with Gasteiger partial charge in [-0.05, 0) is 37.5 Å². The molecule has 28 heavy (non-hydrogen) atoms. The van der Waals surface area contributed by atoms with Crippen molar-refractivity contribution in [1.29, 1.82) is 0 Å². The molecule has 7 heteroatoms. The molecule has 2 aromatic carbocycles. The van der Waals surface area contributed by atoms with E-state index in [1.807, 2.05) is 31.2 Å². The van der Waals surface area contributed by atoms with Crippen LogP contribution in [-0.2, 0) is 26.2 Å². The Bertz CT molecular complexity index is 983. The van der Waals surface area contributed by atoms with Gasteiger partial charge in [0.05, 0.1) is 4.90 Å². The number of fused-ring (bicyclic) bond motifs is 1. The highest BCUT2D eigenvalue weighted by Gasteiger charge is 2.29. The summed E-state index contributed by atoms with van der Waals surface area (Å²) in [6.45, 7) is 2.81. The Morgan fingerprint density at radius 3 is 2.71 bits per heavy atom. The number of nitrogens with zero attached hydrogens (tertiary/aromatic N) is 1. The van der Waals surface area contributed by atoms with Crippen molar-refractivity contribution in [3.05, 3.63) is 65.2 Å². The van der Waals surface area contributed by atoms with Gasteiger partial charge in [0.2, 0.25) is 0 Å². The molecule has 0 fully saturated rings. The predicted molar refractivity (Wildman–Crippen MR) is 108 cm³/mol. The molecule has 1 N–H and O–H groups in total. The maximum atomic E-state index is 12.0. The number of carbonyl (C=O) groups is 1. The normalized spacial score (nSPS) is 15.8. The fraction of sp³-hybridized carbons (Fsp3) is 0.333. The van der Waals surface area contributed by atoms with Crippen LogP contribution in [0.2, 0.25) is 0 Å². The summed E-state index contributed by atoms with van der Waals surface area (Å²) in [6, 6.07) is 14.7. The van der Waals surface area contributed by atoms with Crippen molar-refractivity contribution in [2.24, 2.45) is 4.99 Å².